The van der Waals surface area contributed by atoms with Crippen molar-refractivity contribution in [2.75, 3.05) is 6.61 Å². The Balaban J connectivity index is 1.53. The van der Waals surface area contributed by atoms with Gasteiger partial charge < -0.3 is 43.7 Å². The summed E-state index contributed by atoms with van der Waals surface area (Å²) in [4.78, 5) is 58.3. The molecular formula is C50H73NO12Si2. The van der Waals surface area contributed by atoms with E-state index in [2.05, 4.69) is 26.1 Å². The second-order valence-electron chi connectivity index (χ2n) is 21.2. The molecule has 3 aliphatic carbocycles. The molecule has 0 spiro atoms. The molecule has 2 bridgehead atoms. The SMILES string of the molecule is CC[Si](CC)(CC)O[C@H]1C[C@@H](O)[C@@]2(O)CO[C@H]3[C@H]2[C@]1(C)C(=O)[C@H](OC(C)=O)C1=C(C)[C@@H](OC(=O)[C@H](O[Si](C)(C)C(C)(C)C)[C@@H](NC(=O)c2ccccc2)c2ccccc2)C[C@]3(O)C1(C)C. The number of rotatable bonds is 14. The molecule has 13 nitrogen and oxygen atoms in total. The van der Waals surface area contributed by atoms with E-state index in [0.717, 1.165) is 18.1 Å². The lowest BCUT2D eigenvalue weighted by molar-refractivity contribution is -0.235. The number of nitrogens with one attached hydrogen (secondary N) is 1. The predicted molar refractivity (Wildman–Crippen MR) is 251 cm³/mol. The number of carbonyl (C=O) groups is 4. The van der Waals surface area contributed by atoms with Gasteiger partial charge in [-0.05, 0) is 79.0 Å². The summed E-state index contributed by atoms with van der Waals surface area (Å²) in [5, 5.41) is 40.8. The van der Waals surface area contributed by atoms with Crippen LogP contribution in [0.15, 0.2) is 71.8 Å². The molecule has 1 heterocycles. The first-order valence-corrected chi connectivity index (χ1v) is 28.8. The van der Waals surface area contributed by atoms with Crippen LogP contribution < -0.4 is 5.32 Å². The first-order valence-electron chi connectivity index (χ1n) is 23.3. The van der Waals surface area contributed by atoms with Crippen LogP contribution in [0.2, 0.25) is 36.3 Å². The van der Waals surface area contributed by atoms with Gasteiger partial charge in [0.2, 0.25) is 0 Å². The van der Waals surface area contributed by atoms with Gasteiger partial charge in [0, 0.05) is 36.7 Å². The molecule has 15 heteroatoms. The Morgan fingerprint density at radius 2 is 1.49 bits per heavy atom. The fourth-order valence-corrected chi connectivity index (χ4v) is 15.2. The normalized spacial score (nSPS) is 32.1. The number of ketones is 1. The van der Waals surface area contributed by atoms with Crippen molar-refractivity contribution in [3.8, 4) is 0 Å². The molecule has 3 fully saturated rings. The minimum atomic E-state index is -2.84. The second-order valence-corrected chi connectivity index (χ2v) is 30.7. The molecular weight excluding hydrogens is 863 g/mol. The maximum absolute atomic E-state index is 15.8. The van der Waals surface area contributed by atoms with E-state index in [1.165, 1.54) is 6.92 Å². The number of benzene rings is 2. The van der Waals surface area contributed by atoms with Crippen molar-refractivity contribution in [2.24, 2.45) is 16.7 Å². The Kier molecular flexibility index (Phi) is 14.2. The molecule has 11 atom stereocenters. The molecule has 1 amide bonds. The Labute approximate surface area is 387 Å². The van der Waals surface area contributed by atoms with Crippen molar-refractivity contribution >= 4 is 40.3 Å². The molecule has 4 N–H and O–H groups in total. The molecule has 6 rings (SSSR count). The Morgan fingerprint density at radius 1 is 0.923 bits per heavy atom. The van der Waals surface area contributed by atoms with Crippen LogP contribution in [-0.4, -0.2) is 110 Å². The van der Waals surface area contributed by atoms with Crippen LogP contribution in [0, 0.1) is 16.7 Å². The van der Waals surface area contributed by atoms with Crippen molar-refractivity contribution in [2.45, 2.75) is 179 Å². The quantitative estimate of drug-likeness (QED) is 0.0839. The minimum absolute atomic E-state index is 0.0774. The van der Waals surface area contributed by atoms with E-state index in [1.807, 2.05) is 52.1 Å². The van der Waals surface area contributed by atoms with Crippen LogP contribution in [0.4, 0.5) is 0 Å². The number of esters is 2. The van der Waals surface area contributed by atoms with E-state index in [0.29, 0.717) is 16.7 Å². The smallest absolute Gasteiger partial charge is 0.337 e. The summed E-state index contributed by atoms with van der Waals surface area (Å²) in [7, 11) is -5.34. The fourth-order valence-electron chi connectivity index (χ4n) is 11.0. The number of Topliss-reactive ketones (excluding diaryl/α,β-unsaturated/α-hetero) is 1. The monoisotopic (exact) mass is 935 g/mol. The Bertz CT molecular complexity index is 2130. The highest BCUT2D eigenvalue weighted by Gasteiger charge is 2.77. The van der Waals surface area contributed by atoms with Crippen LogP contribution in [-0.2, 0) is 37.4 Å². The number of ether oxygens (including phenoxy) is 3. The minimum Gasteiger partial charge on any atom is -0.456 e. The molecule has 2 aromatic rings. The number of hydrogen-bond donors (Lipinski definition) is 4. The van der Waals surface area contributed by atoms with Gasteiger partial charge in [-0.25, -0.2) is 4.79 Å². The summed E-state index contributed by atoms with van der Waals surface area (Å²) in [5.74, 6) is -3.81. The second kappa shape index (κ2) is 18.2. The van der Waals surface area contributed by atoms with Gasteiger partial charge in [-0.1, -0.05) is 104 Å². The van der Waals surface area contributed by atoms with Crippen molar-refractivity contribution in [3.05, 3.63) is 82.9 Å². The summed E-state index contributed by atoms with van der Waals surface area (Å²) in [6.45, 7) is 24.0. The number of aliphatic hydroxyl groups excluding tert-OH is 1. The third-order valence-electron chi connectivity index (χ3n) is 16.4. The highest BCUT2D eigenvalue weighted by molar-refractivity contribution is 6.74. The zero-order valence-electron chi connectivity index (χ0n) is 40.7. The highest BCUT2D eigenvalue weighted by Crippen LogP contribution is 2.64. The van der Waals surface area contributed by atoms with Gasteiger partial charge in [0.05, 0.1) is 36.4 Å². The van der Waals surface area contributed by atoms with Gasteiger partial charge in [-0.2, -0.15) is 0 Å². The van der Waals surface area contributed by atoms with E-state index in [9.17, 15) is 24.9 Å². The van der Waals surface area contributed by atoms with Gasteiger partial charge in [0.1, 0.15) is 17.3 Å². The number of amides is 1. The van der Waals surface area contributed by atoms with E-state index < -0.39 is 117 Å². The van der Waals surface area contributed by atoms with Crippen LogP contribution >= 0.6 is 0 Å². The third-order valence-corrected chi connectivity index (χ3v) is 25.5. The molecule has 1 aliphatic heterocycles. The zero-order valence-corrected chi connectivity index (χ0v) is 42.7. The molecule has 0 radical (unpaired) electrons. The third kappa shape index (κ3) is 8.66. The average molecular weight is 936 g/mol. The van der Waals surface area contributed by atoms with Crippen LogP contribution in [0.25, 0.3) is 0 Å². The topological polar surface area (TPSA) is 187 Å². The van der Waals surface area contributed by atoms with Gasteiger partial charge >= 0.3 is 11.9 Å². The molecule has 65 heavy (non-hydrogen) atoms. The Morgan fingerprint density at radius 3 is 2.03 bits per heavy atom. The van der Waals surface area contributed by atoms with Crippen LogP contribution in [0.1, 0.15) is 111 Å². The lowest BCUT2D eigenvalue weighted by Gasteiger charge is -2.62. The van der Waals surface area contributed by atoms with E-state index in [-0.39, 0.29) is 23.5 Å². The summed E-state index contributed by atoms with van der Waals surface area (Å²) in [6.07, 6.45) is -8.17. The van der Waals surface area contributed by atoms with Crippen molar-refractivity contribution in [1.82, 2.24) is 5.32 Å². The van der Waals surface area contributed by atoms with E-state index >= 15 is 9.59 Å². The molecule has 358 valence electrons. The maximum atomic E-state index is 15.8. The van der Waals surface area contributed by atoms with E-state index in [4.69, 9.17) is 23.1 Å². The average Bonchev–Trinajstić information content (AvgIpc) is 3.64. The number of carbonyl (C=O) groups excluding carboxylic acids is 4. The maximum Gasteiger partial charge on any atom is 0.337 e. The van der Waals surface area contributed by atoms with Gasteiger partial charge in [-0.15, -0.1) is 0 Å². The summed E-state index contributed by atoms with van der Waals surface area (Å²) < 4.78 is 33.3. The Hall–Kier alpha value is -3.55. The van der Waals surface area contributed by atoms with Crippen molar-refractivity contribution in [1.29, 1.82) is 0 Å². The summed E-state index contributed by atoms with van der Waals surface area (Å²) in [6, 6.07) is 18.9. The molecule has 4 aliphatic rings. The first-order chi connectivity index (χ1) is 30.2. The fraction of sp³-hybridized carbons (Fsp3) is 0.640. The molecule has 0 unspecified atom stereocenters. The van der Waals surface area contributed by atoms with Crippen LogP contribution in [0.5, 0.6) is 0 Å². The standard InChI is InChI=1S/C50H73NO12Si2/c1-14-65(15-2,16-3)62-36-27-35(53)49(57)29-59-43-41(49)48(36,11)42(54)39(60-31(5)52)37-30(4)34(28-50(43,58)47(37,9)10)61-45(56)40(63-64(12,13)46(6,7)8)38(32-23-19-17-20-24-32)51-44(55)33-25-21-18-22-26-33/h17-26,34-36,38-41,43,53,57-58H,14-16,27-29H2,1-13H3,(H,51,55)/t34-,35+,36-,38-,39+,40+,41-,43-,48+,49-,50+/m0/s1. The first kappa shape index (κ1) is 50.9. The highest BCUT2D eigenvalue weighted by atomic mass is 28.4. The molecule has 2 saturated carbocycles. The lowest BCUT2D eigenvalue weighted by atomic mass is 9.46. The summed E-state index contributed by atoms with van der Waals surface area (Å²) >= 11 is 0. The summed E-state index contributed by atoms with van der Waals surface area (Å²) in [5.41, 5.74) is -5.42. The largest absolute Gasteiger partial charge is 0.456 e. The van der Waals surface area contributed by atoms with Crippen LogP contribution in [0.3, 0.4) is 0 Å². The predicted octanol–water partition coefficient (Wildman–Crippen LogP) is 7.36. The van der Waals surface area contributed by atoms with Crippen molar-refractivity contribution < 1.29 is 57.6 Å². The van der Waals surface area contributed by atoms with Gasteiger partial charge in [0.15, 0.2) is 34.6 Å². The molecule has 0 aromatic heterocycles. The van der Waals surface area contributed by atoms with Gasteiger partial charge in [0.25, 0.3) is 5.91 Å². The molecule has 2 aromatic carbocycles. The number of fused-ring (bicyclic) bond motifs is 3. The van der Waals surface area contributed by atoms with Crippen molar-refractivity contribution in [3.63, 3.8) is 0 Å². The van der Waals surface area contributed by atoms with Gasteiger partial charge in [-0.3, -0.25) is 14.4 Å². The lowest BCUT2D eigenvalue weighted by Crippen LogP contribution is -2.75. The number of hydrogen-bond acceptors (Lipinski definition) is 12. The van der Waals surface area contributed by atoms with E-state index in [1.54, 1.807) is 70.2 Å². The zero-order chi connectivity index (χ0) is 48.3. The number of aliphatic hydroxyl groups is 3. The molecule has 1 saturated heterocycles.